The van der Waals surface area contributed by atoms with Crippen molar-refractivity contribution in [3.8, 4) is 5.75 Å². The lowest BCUT2D eigenvalue weighted by Gasteiger charge is -2.14. The highest BCUT2D eigenvalue weighted by atomic mass is 16.5. The molecule has 25 heavy (non-hydrogen) atoms. The van der Waals surface area contributed by atoms with Gasteiger partial charge in [0.15, 0.2) is 0 Å². The topological polar surface area (TPSA) is 47.6 Å². The van der Waals surface area contributed by atoms with Gasteiger partial charge < -0.3 is 14.8 Å². The summed E-state index contributed by atoms with van der Waals surface area (Å²) in [6, 6.07) is 21.5. The third-order valence-electron chi connectivity index (χ3n) is 4.02. The predicted molar refractivity (Wildman–Crippen MR) is 99.8 cm³/mol. The van der Waals surface area contributed by atoms with Crippen molar-refractivity contribution in [3.63, 3.8) is 0 Å². The Morgan fingerprint density at radius 2 is 1.80 bits per heavy atom. The molecule has 0 aliphatic carbocycles. The zero-order valence-electron chi connectivity index (χ0n) is 14.4. The van der Waals surface area contributed by atoms with Crippen molar-refractivity contribution in [3.05, 3.63) is 72.3 Å². The summed E-state index contributed by atoms with van der Waals surface area (Å²) in [5.41, 5.74) is 1.73. The molecule has 4 nitrogen and oxygen atoms in total. The second-order valence-corrected chi connectivity index (χ2v) is 5.86. The van der Waals surface area contributed by atoms with Crippen LogP contribution in [0.15, 0.2) is 66.7 Å². The summed E-state index contributed by atoms with van der Waals surface area (Å²) in [7, 11) is 1.62. The molecule has 3 aromatic carbocycles. The summed E-state index contributed by atoms with van der Waals surface area (Å²) in [6.45, 7) is 2.10. The van der Waals surface area contributed by atoms with Crippen LogP contribution in [0.3, 0.4) is 0 Å². The number of amides is 1. The van der Waals surface area contributed by atoms with Gasteiger partial charge in [-0.05, 0) is 47.5 Å². The summed E-state index contributed by atoms with van der Waals surface area (Å²) < 4.78 is 10.9. The molecule has 128 valence electrons. The average molecular weight is 335 g/mol. The second-order valence-electron chi connectivity index (χ2n) is 5.86. The quantitative estimate of drug-likeness (QED) is 0.726. The maximum atomic E-state index is 12.3. The lowest BCUT2D eigenvalue weighted by Crippen LogP contribution is -2.27. The predicted octanol–water partition coefficient (Wildman–Crippen LogP) is 4.39. The number of rotatable bonds is 6. The highest BCUT2D eigenvalue weighted by molar-refractivity contribution is 5.96. The van der Waals surface area contributed by atoms with Gasteiger partial charge in [0, 0.05) is 5.69 Å². The smallest absolute Gasteiger partial charge is 0.253 e. The van der Waals surface area contributed by atoms with E-state index in [1.54, 1.807) is 14.0 Å². The van der Waals surface area contributed by atoms with Crippen LogP contribution in [0.25, 0.3) is 10.8 Å². The van der Waals surface area contributed by atoms with E-state index in [1.807, 2.05) is 66.7 Å². The molecule has 1 atom stereocenters. The number of methoxy groups -OCH3 is 1. The maximum Gasteiger partial charge on any atom is 0.253 e. The van der Waals surface area contributed by atoms with Gasteiger partial charge in [0.1, 0.15) is 11.9 Å². The first-order valence-corrected chi connectivity index (χ1v) is 8.20. The van der Waals surface area contributed by atoms with Gasteiger partial charge in [0.25, 0.3) is 5.91 Å². The maximum absolute atomic E-state index is 12.3. The van der Waals surface area contributed by atoms with Crippen LogP contribution in [0.5, 0.6) is 5.75 Å². The highest BCUT2D eigenvalue weighted by Gasteiger charge is 2.14. The number of carbonyl (C=O) groups excluding carboxylic acids is 1. The first-order valence-electron chi connectivity index (χ1n) is 8.20. The Balaban J connectivity index is 1.59. The van der Waals surface area contributed by atoms with Crippen molar-refractivity contribution in [1.29, 1.82) is 0 Å². The molecule has 0 bridgehead atoms. The van der Waals surface area contributed by atoms with Crippen LogP contribution in [-0.4, -0.2) is 19.1 Å². The third kappa shape index (κ3) is 4.37. The number of hydrogen-bond acceptors (Lipinski definition) is 3. The van der Waals surface area contributed by atoms with Gasteiger partial charge in [0.2, 0.25) is 0 Å². The molecule has 0 fully saturated rings. The monoisotopic (exact) mass is 335 g/mol. The first kappa shape index (κ1) is 17.0. The van der Waals surface area contributed by atoms with Gasteiger partial charge in [0.05, 0.1) is 13.7 Å². The number of carbonyl (C=O) groups is 1. The average Bonchev–Trinajstić information content (AvgIpc) is 2.66. The second kappa shape index (κ2) is 7.81. The van der Waals surface area contributed by atoms with Crippen molar-refractivity contribution in [2.45, 2.75) is 19.6 Å². The zero-order chi connectivity index (χ0) is 17.6. The molecular weight excluding hydrogens is 314 g/mol. The summed E-state index contributed by atoms with van der Waals surface area (Å²) >= 11 is 0. The Kier molecular flexibility index (Phi) is 5.31. The van der Waals surface area contributed by atoms with Crippen molar-refractivity contribution in [2.24, 2.45) is 0 Å². The molecule has 3 aromatic rings. The van der Waals surface area contributed by atoms with Gasteiger partial charge >= 0.3 is 0 Å². The summed E-state index contributed by atoms with van der Waals surface area (Å²) in [6.07, 6.45) is -0.558. The Hall–Kier alpha value is -2.85. The van der Waals surface area contributed by atoms with Gasteiger partial charge in [-0.15, -0.1) is 0 Å². The molecule has 1 amide bonds. The Labute approximate surface area is 147 Å². The van der Waals surface area contributed by atoms with E-state index in [9.17, 15) is 4.79 Å². The minimum absolute atomic E-state index is 0.168. The lowest BCUT2D eigenvalue weighted by molar-refractivity contribution is -0.127. The van der Waals surface area contributed by atoms with Crippen LogP contribution in [0.1, 0.15) is 12.5 Å². The highest BCUT2D eigenvalue weighted by Crippen LogP contribution is 2.19. The standard InChI is InChI=1S/C21H21NO3/c1-15(25-14-16-6-5-9-20(12-16)24-2)21(23)22-19-11-10-17-7-3-4-8-18(17)13-19/h3-13,15H,14H2,1-2H3,(H,22,23). The molecule has 0 radical (unpaired) electrons. The Morgan fingerprint density at radius 3 is 2.60 bits per heavy atom. The van der Waals surface area contributed by atoms with E-state index in [0.29, 0.717) is 6.61 Å². The van der Waals surface area contributed by atoms with E-state index in [1.165, 1.54) is 0 Å². The fraction of sp³-hybridized carbons (Fsp3) is 0.190. The fourth-order valence-electron chi connectivity index (χ4n) is 2.57. The Morgan fingerprint density at radius 1 is 1.00 bits per heavy atom. The van der Waals surface area contributed by atoms with Crippen LogP contribution in [0, 0.1) is 0 Å². The SMILES string of the molecule is COc1cccc(COC(C)C(=O)Nc2ccc3ccccc3c2)c1. The van der Waals surface area contributed by atoms with E-state index in [2.05, 4.69) is 5.32 Å². The number of hydrogen-bond donors (Lipinski definition) is 1. The van der Waals surface area contributed by atoms with E-state index in [-0.39, 0.29) is 5.91 Å². The van der Waals surface area contributed by atoms with Crippen LogP contribution in [-0.2, 0) is 16.1 Å². The molecule has 0 aliphatic heterocycles. The van der Waals surface area contributed by atoms with E-state index < -0.39 is 6.10 Å². The summed E-state index contributed by atoms with van der Waals surface area (Å²) in [4.78, 5) is 12.3. The van der Waals surface area contributed by atoms with Crippen molar-refractivity contribution in [2.75, 3.05) is 12.4 Å². The molecule has 3 rings (SSSR count). The minimum Gasteiger partial charge on any atom is -0.497 e. The van der Waals surface area contributed by atoms with E-state index in [0.717, 1.165) is 27.8 Å². The molecule has 4 heteroatoms. The van der Waals surface area contributed by atoms with Crippen LogP contribution in [0.4, 0.5) is 5.69 Å². The molecule has 0 heterocycles. The van der Waals surface area contributed by atoms with E-state index in [4.69, 9.17) is 9.47 Å². The summed E-state index contributed by atoms with van der Waals surface area (Å²) in [5.74, 6) is 0.604. The molecule has 0 saturated heterocycles. The number of ether oxygens (including phenoxy) is 2. The van der Waals surface area contributed by atoms with Gasteiger partial charge in [-0.2, -0.15) is 0 Å². The van der Waals surface area contributed by atoms with Gasteiger partial charge in [-0.1, -0.05) is 42.5 Å². The molecule has 0 saturated carbocycles. The third-order valence-corrected chi connectivity index (χ3v) is 4.02. The van der Waals surface area contributed by atoms with Crippen LogP contribution < -0.4 is 10.1 Å². The molecule has 0 aliphatic rings. The first-order chi connectivity index (χ1) is 12.2. The fourth-order valence-corrected chi connectivity index (χ4v) is 2.57. The molecule has 1 N–H and O–H groups in total. The summed E-state index contributed by atoms with van der Waals surface area (Å²) in [5, 5.41) is 5.13. The van der Waals surface area contributed by atoms with Gasteiger partial charge in [-0.3, -0.25) is 4.79 Å². The Bertz CT molecular complexity index is 876. The van der Waals surface area contributed by atoms with Crippen molar-refractivity contribution < 1.29 is 14.3 Å². The number of anilines is 1. The van der Waals surface area contributed by atoms with Crippen molar-refractivity contribution >= 4 is 22.4 Å². The van der Waals surface area contributed by atoms with Gasteiger partial charge in [-0.25, -0.2) is 0 Å². The normalized spacial score (nSPS) is 11.9. The number of benzene rings is 3. The minimum atomic E-state index is -0.558. The molecule has 0 spiro atoms. The molecule has 0 aromatic heterocycles. The largest absolute Gasteiger partial charge is 0.497 e. The number of fused-ring (bicyclic) bond motifs is 1. The van der Waals surface area contributed by atoms with E-state index >= 15 is 0 Å². The molecular formula is C21H21NO3. The van der Waals surface area contributed by atoms with Crippen molar-refractivity contribution in [1.82, 2.24) is 0 Å². The van der Waals surface area contributed by atoms with Crippen LogP contribution >= 0.6 is 0 Å². The molecule has 1 unspecified atom stereocenters. The lowest BCUT2D eigenvalue weighted by atomic mass is 10.1. The number of nitrogens with one attached hydrogen (secondary N) is 1. The van der Waals surface area contributed by atoms with Crippen LogP contribution in [0.2, 0.25) is 0 Å². The zero-order valence-corrected chi connectivity index (χ0v) is 14.4.